The van der Waals surface area contributed by atoms with Crippen molar-refractivity contribution in [3.63, 3.8) is 0 Å². The third kappa shape index (κ3) is 3.97. The summed E-state index contributed by atoms with van der Waals surface area (Å²) in [5, 5.41) is 8.84. The summed E-state index contributed by atoms with van der Waals surface area (Å²) in [5.74, 6) is -0.134. The molecule has 23 heavy (non-hydrogen) atoms. The molecular weight excluding hydrogens is 296 g/mol. The molecule has 118 valence electrons. The normalized spacial score (nSPS) is 10.5. The molecule has 5 nitrogen and oxygen atoms in total. The number of carbonyl (C=O) groups is 2. The van der Waals surface area contributed by atoms with E-state index in [0.29, 0.717) is 17.1 Å². The van der Waals surface area contributed by atoms with Gasteiger partial charge in [0.2, 0.25) is 0 Å². The molecule has 0 spiro atoms. The molecule has 0 unspecified atom stereocenters. The molecule has 0 aromatic heterocycles. The van der Waals surface area contributed by atoms with Gasteiger partial charge >= 0.3 is 5.97 Å². The molecule has 2 aromatic carbocycles. The fourth-order valence-corrected chi connectivity index (χ4v) is 1.99. The summed E-state index contributed by atoms with van der Waals surface area (Å²) in [6.45, 7) is 0. The quantitative estimate of drug-likeness (QED) is 0.654. The molecule has 0 heterocycles. The Morgan fingerprint density at radius 1 is 0.913 bits per heavy atom. The fraction of sp³-hybridized carbons (Fsp3) is 0.111. The highest BCUT2D eigenvalue weighted by atomic mass is 16.5. The first kappa shape index (κ1) is 16.3. The first-order chi connectivity index (χ1) is 11.0. The van der Waals surface area contributed by atoms with Crippen LogP contribution >= 0.6 is 0 Å². The lowest BCUT2D eigenvalue weighted by atomic mass is 10.1. The van der Waals surface area contributed by atoms with E-state index in [1.54, 1.807) is 36.4 Å². The van der Waals surface area contributed by atoms with E-state index in [9.17, 15) is 9.59 Å². The number of methoxy groups -OCH3 is 2. The van der Waals surface area contributed by atoms with Gasteiger partial charge in [0.05, 0.1) is 19.8 Å². The van der Waals surface area contributed by atoms with Crippen molar-refractivity contribution < 1.29 is 24.2 Å². The highest BCUT2D eigenvalue weighted by Gasteiger charge is 2.08. The second-order valence-corrected chi connectivity index (χ2v) is 4.69. The Morgan fingerprint density at radius 2 is 1.52 bits per heavy atom. The van der Waals surface area contributed by atoms with E-state index in [0.717, 1.165) is 5.56 Å². The Labute approximate surface area is 133 Å². The number of benzene rings is 2. The van der Waals surface area contributed by atoms with Gasteiger partial charge in [0, 0.05) is 5.56 Å². The standard InChI is InChI=1S/C18H16O5/c1-22-16-10-8-14(11-17(16)23-2)15(19)9-5-12-3-6-13(7-4-12)18(20)21/h3-11H,1-2H3,(H,20,21). The number of hydrogen-bond acceptors (Lipinski definition) is 4. The topological polar surface area (TPSA) is 72.8 Å². The van der Waals surface area contributed by atoms with Crippen LogP contribution in [0.2, 0.25) is 0 Å². The number of rotatable bonds is 6. The Kier molecular flexibility index (Phi) is 5.15. The molecule has 0 aliphatic heterocycles. The molecule has 2 aromatic rings. The van der Waals surface area contributed by atoms with Gasteiger partial charge in [-0.05, 0) is 42.0 Å². The number of carboxylic acid groups (broad SMARTS) is 1. The van der Waals surface area contributed by atoms with Gasteiger partial charge in [-0.1, -0.05) is 18.2 Å². The van der Waals surface area contributed by atoms with Gasteiger partial charge in [-0.3, -0.25) is 4.79 Å². The van der Waals surface area contributed by atoms with Gasteiger partial charge in [0.15, 0.2) is 17.3 Å². The minimum atomic E-state index is -0.984. The van der Waals surface area contributed by atoms with Gasteiger partial charge in [0.25, 0.3) is 0 Å². The van der Waals surface area contributed by atoms with Crippen molar-refractivity contribution >= 4 is 17.8 Å². The molecule has 0 bridgehead atoms. The van der Waals surface area contributed by atoms with Crippen molar-refractivity contribution in [2.45, 2.75) is 0 Å². The van der Waals surface area contributed by atoms with Gasteiger partial charge in [-0.2, -0.15) is 0 Å². The number of hydrogen-bond donors (Lipinski definition) is 1. The molecule has 0 aliphatic carbocycles. The van der Waals surface area contributed by atoms with Gasteiger partial charge in [-0.25, -0.2) is 4.79 Å². The van der Waals surface area contributed by atoms with Crippen LogP contribution in [0.4, 0.5) is 0 Å². The minimum Gasteiger partial charge on any atom is -0.493 e. The van der Waals surface area contributed by atoms with Crippen molar-refractivity contribution in [2.24, 2.45) is 0 Å². The van der Waals surface area contributed by atoms with Crippen molar-refractivity contribution in [1.82, 2.24) is 0 Å². The van der Waals surface area contributed by atoms with Crippen LogP contribution in [0.25, 0.3) is 6.08 Å². The molecule has 0 fully saturated rings. The summed E-state index contributed by atoms with van der Waals surface area (Å²) in [5.41, 5.74) is 1.42. The van der Waals surface area contributed by atoms with Gasteiger partial charge in [-0.15, -0.1) is 0 Å². The van der Waals surface area contributed by atoms with E-state index >= 15 is 0 Å². The maximum absolute atomic E-state index is 12.2. The number of aromatic carboxylic acids is 1. The first-order valence-electron chi connectivity index (χ1n) is 6.83. The van der Waals surface area contributed by atoms with Crippen molar-refractivity contribution in [1.29, 1.82) is 0 Å². The smallest absolute Gasteiger partial charge is 0.335 e. The SMILES string of the molecule is COc1ccc(C(=O)C=Cc2ccc(C(=O)O)cc2)cc1OC. The summed E-state index contributed by atoms with van der Waals surface area (Å²) in [6.07, 6.45) is 3.06. The Bertz CT molecular complexity index is 745. The summed E-state index contributed by atoms with van der Waals surface area (Å²) < 4.78 is 10.3. The summed E-state index contributed by atoms with van der Waals surface area (Å²) in [7, 11) is 3.03. The van der Waals surface area contributed by atoms with Crippen LogP contribution in [-0.4, -0.2) is 31.1 Å². The summed E-state index contributed by atoms with van der Waals surface area (Å²) in [4.78, 5) is 23.0. The first-order valence-corrected chi connectivity index (χ1v) is 6.83. The van der Waals surface area contributed by atoms with Gasteiger partial charge in [0.1, 0.15) is 0 Å². The lowest BCUT2D eigenvalue weighted by Gasteiger charge is -2.08. The van der Waals surface area contributed by atoms with Crippen LogP contribution in [0.3, 0.4) is 0 Å². The van der Waals surface area contributed by atoms with Crippen LogP contribution < -0.4 is 9.47 Å². The number of allylic oxidation sites excluding steroid dienone is 1. The average molecular weight is 312 g/mol. The van der Waals surface area contributed by atoms with Crippen LogP contribution in [0.15, 0.2) is 48.5 Å². The second kappa shape index (κ2) is 7.26. The number of ketones is 1. The van der Waals surface area contributed by atoms with E-state index in [1.165, 1.54) is 32.4 Å². The summed E-state index contributed by atoms with van der Waals surface area (Å²) >= 11 is 0. The lowest BCUT2D eigenvalue weighted by Crippen LogP contribution is -1.97. The largest absolute Gasteiger partial charge is 0.493 e. The zero-order valence-corrected chi connectivity index (χ0v) is 12.8. The average Bonchev–Trinajstić information content (AvgIpc) is 2.59. The molecule has 2 rings (SSSR count). The predicted molar refractivity (Wildman–Crippen MR) is 86.3 cm³/mol. The maximum Gasteiger partial charge on any atom is 0.335 e. The summed E-state index contributed by atoms with van der Waals surface area (Å²) in [6, 6.07) is 11.2. The fourth-order valence-electron chi connectivity index (χ4n) is 1.99. The van der Waals surface area contributed by atoms with Crippen LogP contribution in [-0.2, 0) is 0 Å². The predicted octanol–water partition coefficient (Wildman–Crippen LogP) is 3.30. The van der Waals surface area contributed by atoms with Crippen molar-refractivity contribution in [3.8, 4) is 11.5 Å². The zero-order chi connectivity index (χ0) is 16.8. The molecule has 0 atom stereocenters. The molecule has 0 radical (unpaired) electrons. The maximum atomic E-state index is 12.2. The molecule has 0 amide bonds. The number of carbonyl (C=O) groups excluding carboxylic acids is 1. The molecule has 0 aliphatic rings. The number of carboxylic acids is 1. The third-order valence-electron chi connectivity index (χ3n) is 3.25. The molecular formula is C18H16O5. The second-order valence-electron chi connectivity index (χ2n) is 4.69. The van der Waals surface area contributed by atoms with Crippen molar-refractivity contribution in [2.75, 3.05) is 14.2 Å². The third-order valence-corrected chi connectivity index (χ3v) is 3.25. The van der Waals surface area contributed by atoms with E-state index < -0.39 is 5.97 Å². The lowest BCUT2D eigenvalue weighted by molar-refractivity contribution is 0.0696. The van der Waals surface area contributed by atoms with E-state index in [-0.39, 0.29) is 11.3 Å². The minimum absolute atomic E-state index is 0.187. The van der Waals surface area contributed by atoms with Crippen LogP contribution in [0.5, 0.6) is 11.5 Å². The zero-order valence-electron chi connectivity index (χ0n) is 12.8. The highest BCUT2D eigenvalue weighted by Crippen LogP contribution is 2.27. The molecule has 0 saturated carbocycles. The van der Waals surface area contributed by atoms with Crippen molar-refractivity contribution in [3.05, 3.63) is 65.2 Å². The molecule has 0 saturated heterocycles. The van der Waals surface area contributed by atoms with Crippen LogP contribution in [0.1, 0.15) is 26.3 Å². The van der Waals surface area contributed by atoms with E-state index in [4.69, 9.17) is 14.6 Å². The molecule has 1 N–H and O–H groups in total. The molecule has 5 heteroatoms. The van der Waals surface area contributed by atoms with E-state index in [1.807, 2.05) is 0 Å². The Morgan fingerprint density at radius 3 is 2.09 bits per heavy atom. The van der Waals surface area contributed by atoms with E-state index in [2.05, 4.69) is 0 Å². The number of ether oxygens (including phenoxy) is 2. The monoisotopic (exact) mass is 312 g/mol. The van der Waals surface area contributed by atoms with Gasteiger partial charge < -0.3 is 14.6 Å². The highest BCUT2D eigenvalue weighted by molar-refractivity contribution is 6.07. The Balaban J connectivity index is 2.16. The van der Waals surface area contributed by atoms with Crippen LogP contribution in [0, 0.1) is 0 Å². The Hall–Kier alpha value is -3.08.